The first-order valence-corrected chi connectivity index (χ1v) is 8.05. The molecule has 1 aliphatic carbocycles. The third-order valence-corrected chi connectivity index (χ3v) is 4.10. The third-order valence-electron chi connectivity index (χ3n) is 3.90. The molecule has 3 N–H and O–H groups in total. The topological polar surface area (TPSA) is 53.2 Å². The van der Waals surface area contributed by atoms with Crippen LogP contribution in [0.25, 0.3) is 0 Å². The zero-order chi connectivity index (χ0) is 15.1. The highest BCUT2D eigenvalue weighted by Gasteiger charge is 2.20. The maximum absolute atomic E-state index is 12.0. The van der Waals surface area contributed by atoms with Crippen LogP contribution in [0.15, 0.2) is 24.3 Å². The smallest absolute Gasteiger partial charge is 0.241 e. The van der Waals surface area contributed by atoms with Crippen LogP contribution < -0.4 is 16.2 Å². The monoisotopic (exact) mass is 305 g/mol. The van der Waals surface area contributed by atoms with Crippen molar-refractivity contribution in [3.8, 4) is 0 Å². The number of nitrogens with one attached hydrogen (secondary N) is 3. The van der Waals surface area contributed by atoms with Crippen LogP contribution in [-0.4, -0.2) is 11.0 Å². The molecule has 5 heteroatoms. The summed E-state index contributed by atoms with van der Waals surface area (Å²) in [6, 6.07) is 8.09. The summed E-state index contributed by atoms with van der Waals surface area (Å²) in [6.45, 7) is 2.12. The first-order chi connectivity index (χ1) is 10.2. The van der Waals surface area contributed by atoms with Crippen LogP contribution in [0.4, 0.5) is 5.69 Å². The van der Waals surface area contributed by atoms with E-state index in [-0.39, 0.29) is 11.8 Å². The lowest BCUT2D eigenvalue weighted by molar-refractivity contribution is -0.126. The summed E-state index contributed by atoms with van der Waals surface area (Å²) in [7, 11) is 0. The zero-order valence-electron chi connectivity index (χ0n) is 12.4. The molecule has 0 unspecified atom stereocenters. The van der Waals surface area contributed by atoms with Crippen molar-refractivity contribution in [1.29, 1.82) is 0 Å². The van der Waals surface area contributed by atoms with E-state index in [1.165, 1.54) is 12.0 Å². The molecule has 1 amide bonds. The fourth-order valence-corrected chi connectivity index (χ4v) is 2.74. The number of carbonyl (C=O) groups is 1. The van der Waals surface area contributed by atoms with E-state index in [1.54, 1.807) is 0 Å². The van der Waals surface area contributed by atoms with Crippen LogP contribution in [0.5, 0.6) is 0 Å². The maximum Gasteiger partial charge on any atom is 0.241 e. The first kappa shape index (κ1) is 15.8. The maximum atomic E-state index is 12.0. The second kappa shape index (κ2) is 7.98. The molecule has 2 rings (SSSR count). The molecule has 21 heavy (non-hydrogen) atoms. The van der Waals surface area contributed by atoms with Gasteiger partial charge in [-0.05, 0) is 49.2 Å². The van der Waals surface area contributed by atoms with Gasteiger partial charge in [-0.1, -0.05) is 38.3 Å². The summed E-state index contributed by atoms with van der Waals surface area (Å²) in [5.74, 6) is 0.165. The molecule has 114 valence electrons. The lowest BCUT2D eigenvalue weighted by Crippen LogP contribution is -2.46. The average molecular weight is 305 g/mol. The van der Waals surface area contributed by atoms with Gasteiger partial charge in [0.05, 0.1) is 0 Å². The number of amides is 1. The molecule has 4 nitrogen and oxygen atoms in total. The zero-order valence-corrected chi connectivity index (χ0v) is 13.3. The van der Waals surface area contributed by atoms with Crippen molar-refractivity contribution >= 4 is 28.9 Å². The third kappa shape index (κ3) is 5.01. The molecule has 0 saturated heterocycles. The molecular formula is C16H23N3OS. The Morgan fingerprint density at radius 2 is 1.81 bits per heavy atom. The van der Waals surface area contributed by atoms with Crippen molar-refractivity contribution in [2.24, 2.45) is 5.92 Å². The fraction of sp³-hybridized carbons (Fsp3) is 0.500. The average Bonchev–Trinajstić information content (AvgIpc) is 2.54. The number of carbonyl (C=O) groups excluding carboxylic acids is 1. The van der Waals surface area contributed by atoms with Crippen LogP contribution in [0, 0.1) is 5.92 Å². The Kier molecular flexibility index (Phi) is 5.99. The van der Waals surface area contributed by atoms with Crippen LogP contribution in [0.3, 0.4) is 0 Å². The molecule has 0 radical (unpaired) electrons. The van der Waals surface area contributed by atoms with Gasteiger partial charge in [0.15, 0.2) is 5.11 Å². The molecule has 1 fully saturated rings. The van der Waals surface area contributed by atoms with Crippen molar-refractivity contribution in [1.82, 2.24) is 10.9 Å². The highest BCUT2D eigenvalue weighted by atomic mass is 32.1. The van der Waals surface area contributed by atoms with E-state index in [9.17, 15) is 4.79 Å². The van der Waals surface area contributed by atoms with Gasteiger partial charge in [0.25, 0.3) is 0 Å². The van der Waals surface area contributed by atoms with Gasteiger partial charge in [-0.15, -0.1) is 0 Å². The molecule has 0 aliphatic heterocycles. The lowest BCUT2D eigenvalue weighted by Gasteiger charge is -2.21. The summed E-state index contributed by atoms with van der Waals surface area (Å²) in [6.07, 6.45) is 6.50. The quantitative estimate of drug-likeness (QED) is 0.593. The molecule has 1 aromatic carbocycles. The minimum Gasteiger partial charge on any atom is -0.331 e. The Morgan fingerprint density at radius 3 is 2.43 bits per heavy atom. The molecule has 0 spiro atoms. The molecule has 0 atom stereocenters. The standard InChI is InChI=1S/C16H23N3OS/c1-2-12-8-10-14(11-9-12)17-16(21)19-18-15(20)13-6-4-3-5-7-13/h8-11,13H,2-7H2,1H3,(H,18,20)(H2,17,19,21). The van der Waals surface area contributed by atoms with E-state index < -0.39 is 0 Å². The normalized spacial score (nSPS) is 15.3. The van der Waals surface area contributed by atoms with Crippen LogP contribution in [0.1, 0.15) is 44.6 Å². The predicted molar refractivity (Wildman–Crippen MR) is 89.9 cm³/mol. The lowest BCUT2D eigenvalue weighted by atomic mass is 9.89. The Balaban J connectivity index is 1.74. The van der Waals surface area contributed by atoms with Crippen molar-refractivity contribution in [3.63, 3.8) is 0 Å². The molecule has 1 aromatic rings. The number of hydrogen-bond donors (Lipinski definition) is 3. The van der Waals surface area contributed by atoms with E-state index in [0.717, 1.165) is 37.8 Å². The number of rotatable bonds is 3. The molecule has 1 saturated carbocycles. The Bertz CT molecular complexity index is 481. The van der Waals surface area contributed by atoms with E-state index in [4.69, 9.17) is 12.2 Å². The van der Waals surface area contributed by atoms with Crippen molar-refractivity contribution in [2.45, 2.75) is 45.4 Å². The molecule has 0 bridgehead atoms. The van der Waals surface area contributed by atoms with Gasteiger partial charge in [0.2, 0.25) is 5.91 Å². The highest BCUT2D eigenvalue weighted by molar-refractivity contribution is 7.80. The predicted octanol–water partition coefficient (Wildman–Crippen LogP) is 3.15. The summed E-state index contributed by atoms with van der Waals surface area (Å²) in [5, 5.41) is 3.46. The number of hydrogen-bond acceptors (Lipinski definition) is 2. The SMILES string of the molecule is CCc1ccc(NC(=S)NNC(=O)C2CCCCC2)cc1. The van der Waals surface area contributed by atoms with E-state index in [0.29, 0.717) is 5.11 Å². The van der Waals surface area contributed by atoms with Crippen LogP contribution >= 0.6 is 12.2 Å². The van der Waals surface area contributed by atoms with Gasteiger partial charge in [-0.3, -0.25) is 15.6 Å². The van der Waals surface area contributed by atoms with Gasteiger partial charge in [-0.25, -0.2) is 0 Å². The Hall–Kier alpha value is -1.62. The van der Waals surface area contributed by atoms with E-state index in [2.05, 4.69) is 35.2 Å². The van der Waals surface area contributed by atoms with Gasteiger partial charge in [-0.2, -0.15) is 0 Å². The summed E-state index contributed by atoms with van der Waals surface area (Å²) < 4.78 is 0. The van der Waals surface area contributed by atoms with Crippen molar-refractivity contribution < 1.29 is 4.79 Å². The van der Waals surface area contributed by atoms with Crippen molar-refractivity contribution in [3.05, 3.63) is 29.8 Å². The number of benzene rings is 1. The minimum absolute atomic E-state index is 0.0418. The van der Waals surface area contributed by atoms with Gasteiger partial charge in [0.1, 0.15) is 0 Å². The second-order valence-electron chi connectivity index (χ2n) is 5.45. The summed E-state index contributed by atoms with van der Waals surface area (Å²) in [4.78, 5) is 12.0. The number of thiocarbonyl (C=S) groups is 1. The second-order valence-corrected chi connectivity index (χ2v) is 5.86. The minimum atomic E-state index is 0.0418. The number of aryl methyl sites for hydroxylation is 1. The first-order valence-electron chi connectivity index (χ1n) is 7.65. The van der Waals surface area contributed by atoms with Gasteiger partial charge >= 0.3 is 0 Å². The molecule has 1 aliphatic rings. The van der Waals surface area contributed by atoms with Crippen molar-refractivity contribution in [2.75, 3.05) is 5.32 Å². The molecule has 0 heterocycles. The highest BCUT2D eigenvalue weighted by Crippen LogP contribution is 2.23. The van der Waals surface area contributed by atoms with Crippen LogP contribution in [0.2, 0.25) is 0 Å². The Morgan fingerprint density at radius 1 is 1.14 bits per heavy atom. The summed E-state index contributed by atoms with van der Waals surface area (Å²) in [5.41, 5.74) is 7.68. The largest absolute Gasteiger partial charge is 0.331 e. The van der Waals surface area contributed by atoms with E-state index >= 15 is 0 Å². The molecule has 0 aromatic heterocycles. The van der Waals surface area contributed by atoms with E-state index in [1.807, 2.05) is 12.1 Å². The van der Waals surface area contributed by atoms with Gasteiger partial charge < -0.3 is 5.32 Å². The van der Waals surface area contributed by atoms with Gasteiger partial charge in [0, 0.05) is 11.6 Å². The number of anilines is 1. The Labute approximate surface area is 131 Å². The number of hydrazine groups is 1. The summed E-state index contributed by atoms with van der Waals surface area (Å²) >= 11 is 5.18. The van der Waals surface area contributed by atoms with Crippen LogP contribution in [-0.2, 0) is 11.2 Å². The fourth-order valence-electron chi connectivity index (χ4n) is 2.57. The molecular weight excluding hydrogens is 282 g/mol.